The van der Waals surface area contributed by atoms with Gasteiger partial charge in [-0.1, -0.05) is 44.2 Å². The molecule has 0 unspecified atom stereocenters. The third kappa shape index (κ3) is 5.31. The highest BCUT2D eigenvalue weighted by Gasteiger charge is 2.08. The zero-order valence-electron chi connectivity index (χ0n) is 13.6. The van der Waals surface area contributed by atoms with Gasteiger partial charge in [0.15, 0.2) is 5.11 Å². The van der Waals surface area contributed by atoms with Crippen LogP contribution in [0.25, 0.3) is 0 Å². The van der Waals surface area contributed by atoms with Gasteiger partial charge in [-0.25, -0.2) is 4.39 Å². The number of carbonyl (C=O) groups is 1. The van der Waals surface area contributed by atoms with Crippen LogP contribution in [0.4, 0.5) is 10.1 Å². The van der Waals surface area contributed by atoms with Gasteiger partial charge in [0.25, 0.3) is 0 Å². The first-order valence-corrected chi connectivity index (χ1v) is 8.05. The number of benzene rings is 2. The molecule has 2 aromatic carbocycles. The highest BCUT2D eigenvalue weighted by atomic mass is 32.1. The molecule has 0 aromatic heterocycles. The third-order valence-electron chi connectivity index (χ3n) is 3.46. The van der Waals surface area contributed by atoms with E-state index in [4.69, 9.17) is 12.2 Å². The van der Waals surface area contributed by atoms with Crippen molar-refractivity contribution < 1.29 is 9.18 Å². The Morgan fingerprint density at radius 2 is 1.75 bits per heavy atom. The molecular weight excluding hydrogens is 325 g/mol. The molecule has 0 heterocycles. The Bertz CT molecular complexity index is 716. The van der Waals surface area contributed by atoms with Crippen LogP contribution in [-0.2, 0) is 11.2 Å². The number of hydrazine groups is 1. The molecule has 0 aliphatic carbocycles. The van der Waals surface area contributed by atoms with Crippen molar-refractivity contribution in [3.05, 3.63) is 65.5 Å². The predicted molar refractivity (Wildman–Crippen MR) is 98.1 cm³/mol. The Morgan fingerprint density at radius 1 is 1.08 bits per heavy atom. The van der Waals surface area contributed by atoms with Crippen LogP contribution in [-0.4, -0.2) is 11.0 Å². The topological polar surface area (TPSA) is 53.2 Å². The Labute approximate surface area is 146 Å². The Morgan fingerprint density at radius 3 is 2.38 bits per heavy atom. The minimum Gasteiger partial charge on any atom is -0.331 e. The normalized spacial score (nSPS) is 10.3. The van der Waals surface area contributed by atoms with Gasteiger partial charge in [0.1, 0.15) is 5.82 Å². The fraction of sp³-hybridized carbons (Fsp3) is 0.222. The number of thiocarbonyl (C=S) groups is 1. The monoisotopic (exact) mass is 345 g/mol. The number of halogens is 1. The third-order valence-corrected chi connectivity index (χ3v) is 3.66. The Hall–Kier alpha value is -2.47. The van der Waals surface area contributed by atoms with Crippen LogP contribution >= 0.6 is 12.2 Å². The van der Waals surface area contributed by atoms with Crippen LogP contribution in [0.3, 0.4) is 0 Å². The fourth-order valence-electron chi connectivity index (χ4n) is 2.10. The minimum absolute atomic E-state index is 0.0641. The van der Waals surface area contributed by atoms with Crippen molar-refractivity contribution in [1.29, 1.82) is 0 Å². The van der Waals surface area contributed by atoms with E-state index >= 15 is 0 Å². The molecule has 0 aliphatic rings. The molecule has 0 saturated carbocycles. The number of carbonyl (C=O) groups excluding carboxylic acids is 1. The number of hydrogen-bond acceptors (Lipinski definition) is 2. The molecule has 0 spiro atoms. The van der Waals surface area contributed by atoms with E-state index in [0.717, 1.165) is 5.69 Å². The molecule has 0 saturated heterocycles. The van der Waals surface area contributed by atoms with Crippen molar-refractivity contribution in [1.82, 2.24) is 10.9 Å². The summed E-state index contributed by atoms with van der Waals surface area (Å²) in [7, 11) is 0. The molecule has 0 aliphatic heterocycles. The summed E-state index contributed by atoms with van der Waals surface area (Å²) in [6, 6.07) is 14.0. The maximum atomic E-state index is 13.5. The number of hydrogen-bond donors (Lipinski definition) is 3. The smallest absolute Gasteiger partial charge is 0.242 e. The van der Waals surface area contributed by atoms with Crippen LogP contribution in [0, 0.1) is 5.82 Å². The summed E-state index contributed by atoms with van der Waals surface area (Å²) in [4.78, 5) is 11.8. The van der Waals surface area contributed by atoms with Gasteiger partial charge in [0.2, 0.25) is 5.91 Å². The van der Waals surface area contributed by atoms with Crippen molar-refractivity contribution in [2.45, 2.75) is 26.2 Å². The second-order valence-electron chi connectivity index (χ2n) is 5.67. The van der Waals surface area contributed by atoms with Gasteiger partial charge in [0, 0.05) is 5.69 Å². The zero-order chi connectivity index (χ0) is 17.5. The van der Waals surface area contributed by atoms with Crippen molar-refractivity contribution in [3.8, 4) is 0 Å². The zero-order valence-corrected chi connectivity index (χ0v) is 14.4. The second-order valence-corrected chi connectivity index (χ2v) is 6.08. The van der Waals surface area contributed by atoms with Crippen LogP contribution < -0.4 is 16.2 Å². The summed E-state index contributed by atoms with van der Waals surface area (Å²) in [5.41, 5.74) is 7.44. The van der Waals surface area contributed by atoms with Gasteiger partial charge in [-0.15, -0.1) is 0 Å². The number of anilines is 1. The molecule has 4 nitrogen and oxygen atoms in total. The average molecular weight is 345 g/mol. The summed E-state index contributed by atoms with van der Waals surface area (Å²) in [6.07, 6.45) is -0.0641. The van der Waals surface area contributed by atoms with Crippen LogP contribution in [0.2, 0.25) is 0 Å². The van der Waals surface area contributed by atoms with Gasteiger partial charge in [-0.2, -0.15) is 0 Å². The molecule has 126 valence electrons. The van der Waals surface area contributed by atoms with Crippen LogP contribution in [0.5, 0.6) is 0 Å². The average Bonchev–Trinajstić information content (AvgIpc) is 2.55. The van der Waals surface area contributed by atoms with E-state index in [9.17, 15) is 9.18 Å². The molecule has 2 rings (SSSR count). The number of amides is 1. The summed E-state index contributed by atoms with van der Waals surface area (Å²) < 4.78 is 13.5. The van der Waals surface area contributed by atoms with E-state index < -0.39 is 5.82 Å². The van der Waals surface area contributed by atoms with Crippen molar-refractivity contribution in [2.24, 2.45) is 0 Å². The molecule has 24 heavy (non-hydrogen) atoms. The molecule has 2 aromatic rings. The first-order chi connectivity index (χ1) is 11.5. The van der Waals surface area contributed by atoms with E-state index in [1.807, 2.05) is 24.3 Å². The first-order valence-electron chi connectivity index (χ1n) is 7.65. The van der Waals surface area contributed by atoms with Gasteiger partial charge >= 0.3 is 0 Å². The van der Waals surface area contributed by atoms with E-state index in [0.29, 0.717) is 11.5 Å². The van der Waals surface area contributed by atoms with E-state index in [1.54, 1.807) is 18.2 Å². The Balaban J connectivity index is 1.80. The SMILES string of the molecule is CC(C)c1ccc(NC(=S)NNC(=O)Cc2ccccc2F)cc1. The molecule has 0 atom stereocenters. The standard InChI is InChI=1S/C18H20FN3OS/c1-12(2)13-7-9-15(10-8-13)20-18(24)22-21-17(23)11-14-5-3-4-6-16(14)19/h3-10,12H,11H2,1-2H3,(H,21,23)(H2,20,22,24). The minimum atomic E-state index is -0.404. The lowest BCUT2D eigenvalue weighted by Gasteiger charge is -2.13. The maximum absolute atomic E-state index is 13.5. The largest absolute Gasteiger partial charge is 0.331 e. The van der Waals surface area contributed by atoms with Gasteiger partial charge in [-0.05, 0) is 47.5 Å². The van der Waals surface area contributed by atoms with Gasteiger partial charge < -0.3 is 5.32 Å². The lowest BCUT2D eigenvalue weighted by atomic mass is 10.0. The molecule has 3 N–H and O–H groups in total. The summed E-state index contributed by atoms with van der Waals surface area (Å²) >= 11 is 5.12. The highest BCUT2D eigenvalue weighted by Crippen LogP contribution is 2.16. The fourth-order valence-corrected chi connectivity index (χ4v) is 2.27. The van der Waals surface area contributed by atoms with Crippen LogP contribution in [0.1, 0.15) is 30.9 Å². The summed E-state index contributed by atoms with van der Waals surface area (Å²) in [5.74, 6) is -0.320. The number of rotatable bonds is 4. The molecule has 6 heteroatoms. The number of nitrogens with one attached hydrogen (secondary N) is 3. The lowest BCUT2D eigenvalue weighted by Crippen LogP contribution is -2.44. The van der Waals surface area contributed by atoms with E-state index in [-0.39, 0.29) is 17.4 Å². The summed E-state index contributed by atoms with van der Waals surface area (Å²) in [5, 5.41) is 3.23. The molecule has 0 fully saturated rings. The van der Waals surface area contributed by atoms with Crippen LogP contribution in [0.15, 0.2) is 48.5 Å². The van der Waals surface area contributed by atoms with Gasteiger partial charge in [0.05, 0.1) is 6.42 Å². The molecular formula is C18H20FN3OS. The Kier molecular flexibility index (Phi) is 6.26. The lowest BCUT2D eigenvalue weighted by molar-refractivity contribution is -0.121. The van der Waals surface area contributed by atoms with E-state index in [1.165, 1.54) is 11.6 Å². The van der Waals surface area contributed by atoms with Crippen molar-refractivity contribution in [2.75, 3.05) is 5.32 Å². The highest BCUT2D eigenvalue weighted by molar-refractivity contribution is 7.80. The quantitative estimate of drug-likeness (QED) is 0.586. The molecule has 0 radical (unpaired) electrons. The molecule has 0 bridgehead atoms. The van der Waals surface area contributed by atoms with E-state index in [2.05, 4.69) is 30.0 Å². The van der Waals surface area contributed by atoms with Crippen molar-refractivity contribution in [3.63, 3.8) is 0 Å². The molecule has 1 amide bonds. The summed E-state index contributed by atoms with van der Waals surface area (Å²) in [6.45, 7) is 4.25. The van der Waals surface area contributed by atoms with Gasteiger partial charge in [-0.3, -0.25) is 15.6 Å². The predicted octanol–water partition coefficient (Wildman–Crippen LogP) is 3.51. The second kappa shape index (κ2) is 8.40. The first kappa shape index (κ1) is 17.9. The maximum Gasteiger partial charge on any atom is 0.242 e. The van der Waals surface area contributed by atoms with Crippen molar-refractivity contribution >= 4 is 28.9 Å².